The van der Waals surface area contributed by atoms with Gasteiger partial charge in [-0.25, -0.2) is 0 Å². The van der Waals surface area contributed by atoms with Gasteiger partial charge in [-0.2, -0.15) is 0 Å². The minimum atomic E-state index is -0.00305. The molecule has 2 bridgehead atoms. The van der Waals surface area contributed by atoms with E-state index < -0.39 is 0 Å². The number of carbonyl (C=O) groups is 1. The summed E-state index contributed by atoms with van der Waals surface area (Å²) in [5, 5.41) is 3.57. The van der Waals surface area contributed by atoms with Crippen LogP contribution in [-0.2, 0) is 11.3 Å². The number of furan rings is 1. The first-order valence-corrected chi connectivity index (χ1v) is 6.89. The molecule has 1 N–H and O–H groups in total. The maximum absolute atomic E-state index is 12.4. The van der Waals surface area contributed by atoms with Crippen LogP contribution in [0, 0.1) is 0 Å². The van der Waals surface area contributed by atoms with E-state index >= 15 is 0 Å². The lowest BCUT2D eigenvalue weighted by atomic mass is 10.1. The summed E-state index contributed by atoms with van der Waals surface area (Å²) in [6.07, 6.45) is 3.45. The zero-order valence-corrected chi connectivity index (χ0v) is 12.4. The highest BCUT2D eigenvalue weighted by atomic mass is 35.5. The maximum Gasteiger partial charge on any atom is 0.289 e. The predicted molar refractivity (Wildman–Crippen MR) is 77.1 cm³/mol. The number of likely N-dealkylation sites (tertiary alicyclic amines) is 1. The molecule has 1 aromatic rings. The number of methoxy groups -OCH3 is 1. The maximum atomic E-state index is 12.4. The Morgan fingerprint density at radius 2 is 2.20 bits per heavy atom. The van der Waals surface area contributed by atoms with Crippen molar-refractivity contribution in [2.45, 2.75) is 38.0 Å². The van der Waals surface area contributed by atoms with Crippen LogP contribution in [0.15, 0.2) is 16.5 Å². The first-order chi connectivity index (χ1) is 9.26. The zero-order chi connectivity index (χ0) is 13.2. The van der Waals surface area contributed by atoms with Crippen molar-refractivity contribution in [3.05, 3.63) is 23.7 Å². The highest BCUT2D eigenvalue weighted by Gasteiger charge is 2.32. The van der Waals surface area contributed by atoms with E-state index in [1.165, 1.54) is 12.8 Å². The fourth-order valence-electron chi connectivity index (χ4n) is 3.00. The fourth-order valence-corrected chi connectivity index (χ4v) is 3.00. The quantitative estimate of drug-likeness (QED) is 0.925. The Kier molecular flexibility index (Phi) is 5.07. The van der Waals surface area contributed by atoms with Gasteiger partial charge in [-0.05, 0) is 31.4 Å². The number of hydrogen-bond donors (Lipinski definition) is 1. The molecule has 3 heterocycles. The van der Waals surface area contributed by atoms with Gasteiger partial charge in [0.1, 0.15) is 12.4 Å². The van der Waals surface area contributed by atoms with E-state index in [4.69, 9.17) is 9.15 Å². The average molecular weight is 301 g/mol. The number of nitrogens with one attached hydrogen (secondary N) is 1. The first kappa shape index (κ1) is 15.4. The van der Waals surface area contributed by atoms with Crippen LogP contribution in [0.5, 0.6) is 0 Å². The van der Waals surface area contributed by atoms with E-state index in [0.717, 1.165) is 19.5 Å². The van der Waals surface area contributed by atoms with Gasteiger partial charge >= 0.3 is 0 Å². The van der Waals surface area contributed by atoms with Gasteiger partial charge in [0, 0.05) is 32.3 Å². The van der Waals surface area contributed by atoms with E-state index in [0.29, 0.717) is 30.2 Å². The molecular weight excluding hydrogens is 280 g/mol. The summed E-state index contributed by atoms with van der Waals surface area (Å²) in [4.78, 5) is 14.3. The van der Waals surface area contributed by atoms with E-state index in [-0.39, 0.29) is 18.3 Å². The lowest BCUT2D eigenvalue weighted by Crippen LogP contribution is -2.38. The molecule has 0 aromatic carbocycles. The molecule has 20 heavy (non-hydrogen) atoms. The minimum absolute atomic E-state index is 0. The second-order valence-corrected chi connectivity index (χ2v) is 5.38. The van der Waals surface area contributed by atoms with Crippen LogP contribution in [0.2, 0.25) is 0 Å². The van der Waals surface area contributed by atoms with Gasteiger partial charge in [0.25, 0.3) is 5.91 Å². The first-order valence-electron chi connectivity index (χ1n) is 6.89. The summed E-state index contributed by atoms with van der Waals surface area (Å²) in [5.74, 6) is 1.11. The van der Waals surface area contributed by atoms with Gasteiger partial charge in [0.05, 0.1) is 0 Å². The number of nitrogens with zero attached hydrogens (tertiary/aromatic N) is 1. The Bertz CT molecular complexity index is 463. The molecule has 2 saturated heterocycles. The van der Waals surface area contributed by atoms with E-state index in [1.54, 1.807) is 19.2 Å². The number of halogens is 1. The third kappa shape index (κ3) is 3.16. The van der Waals surface area contributed by atoms with Crippen LogP contribution in [0.3, 0.4) is 0 Å². The molecule has 2 fully saturated rings. The van der Waals surface area contributed by atoms with Crippen LogP contribution in [0.25, 0.3) is 0 Å². The van der Waals surface area contributed by atoms with Gasteiger partial charge in [-0.1, -0.05) is 0 Å². The molecule has 0 spiro atoms. The van der Waals surface area contributed by atoms with E-state index in [9.17, 15) is 4.79 Å². The minimum Gasteiger partial charge on any atom is -0.453 e. The molecule has 2 aliphatic heterocycles. The fraction of sp³-hybridized carbons (Fsp3) is 0.643. The third-order valence-corrected chi connectivity index (χ3v) is 3.97. The highest BCUT2D eigenvalue weighted by Crippen LogP contribution is 2.22. The molecule has 112 valence electrons. The molecule has 0 saturated carbocycles. The lowest BCUT2D eigenvalue weighted by Gasteiger charge is -2.23. The SMILES string of the molecule is COCc1ccc(C(=O)N2CCC3CCC(C2)N3)o1.Cl. The van der Waals surface area contributed by atoms with Gasteiger partial charge < -0.3 is 19.4 Å². The van der Waals surface area contributed by atoms with Crippen molar-refractivity contribution in [3.63, 3.8) is 0 Å². The lowest BCUT2D eigenvalue weighted by molar-refractivity contribution is 0.0708. The van der Waals surface area contributed by atoms with Crippen molar-refractivity contribution >= 4 is 18.3 Å². The molecule has 2 aliphatic rings. The Morgan fingerprint density at radius 3 is 3.00 bits per heavy atom. The molecule has 1 aromatic heterocycles. The van der Waals surface area contributed by atoms with Crippen molar-refractivity contribution in [2.24, 2.45) is 0 Å². The summed E-state index contributed by atoms with van der Waals surface area (Å²) in [6, 6.07) is 4.58. The normalized spacial score (nSPS) is 25.1. The highest BCUT2D eigenvalue weighted by molar-refractivity contribution is 5.91. The smallest absolute Gasteiger partial charge is 0.289 e. The van der Waals surface area contributed by atoms with Crippen molar-refractivity contribution in [2.75, 3.05) is 20.2 Å². The number of amides is 1. The molecule has 3 rings (SSSR count). The number of fused-ring (bicyclic) bond motifs is 2. The van der Waals surface area contributed by atoms with Gasteiger partial charge in [-0.15, -0.1) is 12.4 Å². The zero-order valence-electron chi connectivity index (χ0n) is 11.6. The van der Waals surface area contributed by atoms with Crippen molar-refractivity contribution in [3.8, 4) is 0 Å². The van der Waals surface area contributed by atoms with Crippen LogP contribution < -0.4 is 5.32 Å². The van der Waals surface area contributed by atoms with Gasteiger partial charge in [-0.3, -0.25) is 4.79 Å². The summed E-state index contributed by atoms with van der Waals surface area (Å²) >= 11 is 0. The summed E-state index contributed by atoms with van der Waals surface area (Å²) in [6.45, 7) is 2.00. The summed E-state index contributed by atoms with van der Waals surface area (Å²) in [7, 11) is 1.61. The van der Waals surface area contributed by atoms with Crippen molar-refractivity contribution < 1.29 is 13.9 Å². The molecular formula is C14H21ClN2O3. The summed E-state index contributed by atoms with van der Waals surface area (Å²) in [5.41, 5.74) is 0. The Hall–Kier alpha value is -1.04. The molecule has 2 unspecified atom stereocenters. The number of rotatable bonds is 3. The van der Waals surface area contributed by atoms with Gasteiger partial charge in [0.2, 0.25) is 0 Å². The number of hydrogen-bond acceptors (Lipinski definition) is 4. The van der Waals surface area contributed by atoms with Crippen LogP contribution in [-0.4, -0.2) is 43.1 Å². The second-order valence-electron chi connectivity index (χ2n) is 5.38. The monoisotopic (exact) mass is 300 g/mol. The molecule has 1 amide bonds. The second kappa shape index (κ2) is 6.61. The summed E-state index contributed by atoms with van der Waals surface area (Å²) < 4.78 is 10.5. The molecule has 6 heteroatoms. The van der Waals surface area contributed by atoms with Crippen LogP contribution in [0.1, 0.15) is 35.6 Å². The topological polar surface area (TPSA) is 54.7 Å². The Labute approximate surface area is 125 Å². The molecule has 0 radical (unpaired) electrons. The molecule has 5 nitrogen and oxygen atoms in total. The third-order valence-electron chi connectivity index (χ3n) is 3.97. The molecule has 2 atom stereocenters. The van der Waals surface area contributed by atoms with E-state index in [2.05, 4.69) is 5.32 Å². The van der Waals surface area contributed by atoms with Crippen molar-refractivity contribution in [1.29, 1.82) is 0 Å². The number of carbonyl (C=O) groups excluding carboxylic acids is 1. The Morgan fingerprint density at radius 1 is 1.40 bits per heavy atom. The number of ether oxygens (including phenoxy) is 1. The van der Waals surface area contributed by atoms with Gasteiger partial charge in [0.15, 0.2) is 5.76 Å². The molecule has 0 aliphatic carbocycles. The standard InChI is InChI=1S/C14H20N2O3.ClH/c1-18-9-12-4-5-13(19-12)14(17)16-7-6-10-2-3-11(8-16)15-10;/h4-5,10-11,15H,2-3,6-9H2,1H3;1H. The van der Waals surface area contributed by atoms with E-state index in [1.807, 2.05) is 4.90 Å². The Balaban J connectivity index is 0.00000147. The van der Waals surface area contributed by atoms with Crippen LogP contribution in [0.4, 0.5) is 0 Å². The largest absolute Gasteiger partial charge is 0.453 e. The van der Waals surface area contributed by atoms with Crippen LogP contribution >= 0.6 is 12.4 Å². The van der Waals surface area contributed by atoms with Crippen molar-refractivity contribution in [1.82, 2.24) is 10.2 Å². The average Bonchev–Trinajstić information content (AvgIpc) is 2.96. The predicted octanol–water partition coefficient (Wildman–Crippen LogP) is 1.81.